The standard InChI is InChI=1S/C21H42O/c1-4-6-8-9-10-11-12-13-14-15-16-17-18-19-21(3)22-20-7-5-2/h3-20H2,1-2H3. The minimum absolute atomic E-state index is 0.855. The lowest BCUT2D eigenvalue weighted by Crippen LogP contribution is -1.93. The number of rotatable bonds is 18. The van der Waals surface area contributed by atoms with Gasteiger partial charge in [0.1, 0.15) is 0 Å². The molecule has 0 aromatic rings. The zero-order chi connectivity index (χ0) is 16.3. The summed E-state index contributed by atoms with van der Waals surface area (Å²) in [4.78, 5) is 0. The topological polar surface area (TPSA) is 9.23 Å². The number of unbranched alkanes of at least 4 members (excludes halogenated alkanes) is 13. The van der Waals surface area contributed by atoms with Gasteiger partial charge in [-0.1, -0.05) is 104 Å². The summed E-state index contributed by atoms with van der Waals surface area (Å²) in [5.74, 6) is 0.997. The first-order valence-corrected chi connectivity index (χ1v) is 10.1. The van der Waals surface area contributed by atoms with Crippen molar-refractivity contribution in [1.82, 2.24) is 0 Å². The Labute approximate surface area is 140 Å². The highest BCUT2D eigenvalue weighted by molar-refractivity contribution is 4.81. The molecule has 0 aliphatic rings. The zero-order valence-electron chi connectivity index (χ0n) is 15.6. The normalized spacial score (nSPS) is 10.8. The lowest BCUT2D eigenvalue weighted by molar-refractivity contribution is 0.197. The van der Waals surface area contributed by atoms with Gasteiger partial charge in [-0.3, -0.25) is 0 Å². The molecule has 0 saturated carbocycles. The summed E-state index contributed by atoms with van der Waals surface area (Å²) in [6, 6.07) is 0. The Balaban J connectivity index is 3.06. The Morgan fingerprint density at radius 3 is 1.45 bits per heavy atom. The van der Waals surface area contributed by atoms with Crippen molar-refractivity contribution in [3.63, 3.8) is 0 Å². The van der Waals surface area contributed by atoms with E-state index in [0.29, 0.717) is 0 Å². The summed E-state index contributed by atoms with van der Waals surface area (Å²) in [5, 5.41) is 0. The molecule has 0 bridgehead atoms. The van der Waals surface area contributed by atoms with Crippen molar-refractivity contribution in [2.24, 2.45) is 0 Å². The molecule has 0 unspecified atom stereocenters. The first-order valence-electron chi connectivity index (χ1n) is 10.1. The van der Waals surface area contributed by atoms with E-state index in [1.807, 2.05) is 0 Å². The first-order chi connectivity index (χ1) is 10.8. The molecule has 0 aliphatic carbocycles. The predicted octanol–water partition coefficient (Wildman–Crippen LogP) is 7.80. The maximum absolute atomic E-state index is 5.59. The summed E-state index contributed by atoms with van der Waals surface area (Å²) < 4.78 is 5.59. The van der Waals surface area contributed by atoms with E-state index in [0.717, 1.165) is 25.2 Å². The quantitative estimate of drug-likeness (QED) is 0.185. The highest BCUT2D eigenvalue weighted by Crippen LogP contribution is 2.14. The Morgan fingerprint density at radius 2 is 1.00 bits per heavy atom. The molecule has 0 atom stereocenters. The van der Waals surface area contributed by atoms with Crippen LogP contribution in [0.2, 0.25) is 0 Å². The van der Waals surface area contributed by atoms with Crippen LogP contribution in [0.4, 0.5) is 0 Å². The second-order valence-electron chi connectivity index (χ2n) is 6.73. The monoisotopic (exact) mass is 310 g/mol. The minimum atomic E-state index is 0.855. The summed E-state index contributed by atoms with van der Waals surface area (Å²) >= 11 is 0. The molecule has 0 radical (unpaired) electrons. The fraction of sp³-hybridized carbons (Fsp3) is 0.905. The van der Waals surface area contributed by atoms with Crippen molar-refractivity contribution < 1.29 is 4.74 Å². The van der Waals surface area contributed by atoms with Gasteiger partial charge >= 0.3 is 0 Å². The van der Waals surface area contributed by atoms with Crippen LogP contribution in [0, 0.1) is 0 Å². The highest BCUT2D eigenvalue weighted by atomic mass is 16.5. The van der Waals surface area contributed by atoms with Crippen LogP contribution in [0.5, 0.6) is 0 Å². The van der Waals surface area contributed by atoms with Crippen molar-refractivity contribution in [2.75, 3.05) is 6.61 Å². The van der Waals surface area contributed by atoms with Crippen molar-refractivity contribution in [2.45, 2.75) is 117 Å². The maximum atomic E-state index is 5.59. The molecule has 0 saturated heterocycles. The number of hydrogen-bond donors (Lipinski definition) is 0. The fourth-order valence-electron chi connectivity index (χ4n) is 2.77. The molecule has 0 amide bonds. The molecular formula is C21H42O. The van der Waals surface area contributed by atoms with E-state index in [1.165, 1.54) is 89.9 Å². The second kappa shape index (κ2) is 18.6. The van der Waals surface area contributed by atoms with Gasteiger partial charge in [0.05, 0.1) is 12.4 Å². The van der Waals surface area contributed by atoms with Gasteiger partial charge in [-0.2, -0.15) is 0 Å². The van der Waals surface area contributed by atoms with Gasteiger partial charge in [0.25, 0.3) is 0 Å². The third kappa shape index (κ3) is 17.6. The lowest BCUT2D eigenvalue weighted by atomic mass is 10.0. The van der Waals surface area contributed by atoms with Gasteiger partial charge < -0.3 is 4.74 Å². The van der Waals surface area contributed by atoms with Crippen LogP contribution in [0.15, 0.2) is 12.3 Å². The maximum Gasteiger partial charge on any atom is 0.0888 e. The number of ether oxygens (including phenoxy) is 1. The Morgan fingerprint density at radius 1 is 0.591 bits per heavy atom. The largest absolute Gasteiger partial charge is 0.499 e. The number of allylic oxidation sites excluding steroid dienone is 1. The Bertz CT molecular complexity index is 222. The highest BCUT2D eigenvalue weighted by Gasteiger charge is 1.97. The molecule has 1 heteroatoms. The summed E-state index contributed by atoms with van der Waals surface area (Å²) in [6.07, 6.45) is 21.7. The molecular weight excluding hydrogens is 268 g/mol. The van der Waals surface area contributed by atoms with E-state index in [2.05, 4.69) is 20.4 Å². The van der Waals surface area contributed by atoms with E-state index >= 15 is 0 Å². The molecule has 132 valence electrons. The van der Waals surface area contributed by atoms with Gasteiger partial charge in [0.2, 0.25) is 0 Å². The van der Waals surface area contributed by atoms with Gasteiger partial charge in [-0.05, 0) is 12.8 Å². The molecule has 0 spiro atoms. The molecule has 0 fully saturated rings. The summed E-state index contributed by atoms with van der Waals surface area (Å²) in [5.41, 5.74) is 0. The van der Waals surface area contributed by atoms with Crippen molar-refractivity contribution in [1.29, 1.82) is 0 Å². The van der Waals surface area contributed by atoms with Crippen molar-refractivity contribution in [3.8, 4) is 0 Å². The zero-order valence-corrected chi connectivity index (χ0v) is 15.6. The second-order valence-corrected chi connectivity index (χ2v) is 6.73. The van der Waals surface area contributed by atoms with Gasteiger partial charge in [0, 0.05) is 6.42 Å². The number of hydrogen-bond acceptors (Lipinski definition) is 1. The van der Waals surface area contributed by atoms with Gasteiger partial charge in [-0.25, -0.2) is 0 Å². The minimum Gasteiger partial charge on any atom is -0.499 e. The smallest absolute Gasteiger partial charge is 0.0888 e. The molecule has 0 rings (SSSR count). The lowest BCUT2D eigenvalue weighted by Gasteiger charge is -2.08. The summed E-state index contributed by atoms with van der Waals surface area (Å²) in [6.45, 7) is 9.33. The van der Waals surface area contributed by atoms with Crippen LogP contribution in [0.3, 0.4) is 0 Å². The SMILES string of the molecule is C=C(CCCCCCCCCCCCCCC)OCCCC. The molecule has 0 heterocycles. The average Bonchev–Trinajstić information content (AvgIpc) is 2.52. The van der Waals surface area contributed by atoms with Crippen LogP contribution in [-0.4, -0.2) is 6.61 Å². The van der Waals surface area contributed by atoms with Gasteiger partial charge in [0.15, 0.2) is 0 Å². The van der Waals surface area contributed by atoms with E-state index in [4.69, 9.17) is 4.74 Å². The molecule has 0 aromatic carbocycles. The Hall–Kier alpha value is -0.460. The van der Waals surface area contributed by atoms with Crippen LogP contribution in [0.25, 0.3) is 0 Å². The van der Waals surface area contributed by atoms with E-state index in [9.17, 15) is 0 Å². The average molecular weight is 311 g/mol. The van der Waals surface area contributed by atoms with E-state index in [1.54, 1.807) is 0 Å². The summed E-state index contributed by atoms with van der Waals surface area (Å²) in [7, 11) is 0. The molecule has 0 aromatic heterocycles. The van der Waals surface area contributed by atoms with Crippen LogP contribution < -0.4 is 0 Å². The Kier molecular flexibility index (Phi) is 18.2. The molecule has 0 aliphatic heterocycles. The van der Waals surface area contributed by atoms with Crippen LogP contribution >= 0.6 is 0 Å². The molecule has 22 heavy (non-hydrogen) atoms. The first kappa shape index (κ1) is 21.5. The van der Waals surface area contributed by atoms with Crippen LogP contribution in [0.1, 0.15) is 117 Å². The molecule has 0 N–H and O–H groups in total. The van der Waals surface area contributed by atoms with Crippen molar-refractivity contribution in [3.05, 3.63) is 12.3 Å². The predicted molar refractivity (Wildman–Crippen MR) is 100 cm³/mol. The fourth-order valence-corrected chi connectivity index (χ4v) is 2.77. The van der Waals surface area contributed by atoms with Crippen molar-refractivity contribution >= 4 is 0 Å². The molecule has 1 nitrogen and oxygen atoms in total. The van der Waals surface area contributed by atoms with E-state index in [-0.39, 0.29) is 0 Å². The third-order valence-corrected chi connectivity index (χ3v) is 4.36. The van der Waals surface area contributed by atoms with Crippen LogP contribution in [-0.2, 0) is 4.74 Å². The van der Waals surface area contributed by atoms with E-state index < -0.39 is 0 Å². The van der Waals surface area contributed by atoms with Gasteiger partial charge in [-0.15, -0.1) is 0 Å². The third-order valence-electron chi connectivity index (χ3n) is 4.36.